The van der Waals surface area contributed by atoms with Crippen molar-refractivity contribution in [3.8, 4) is 10.6 Å². The van der Waals surface area contributed by atoms with Gasteiger partial charge in [-0.2, -0.15) is 18.3 Å². The Hall–Kier alpha value is -3.31. The summed E-state index contributed by atoms with van der Waals surface area (Å²) in [5.41, 5.74) is -0.334. The van der Waals surface area contributed by atoms with Crippen molar-refractivity contribution in [2.45, 2.75) is 26.1 Å². The highest BCUT2D eigenvalue weighted by atomic mass is 32.1. The average molecular weight is 518 g/mol. The third-order valence-corrected chi connectivity index (χ3v) is 7.46. The van der Waals surface area contributed by atoms with Crippen molar-refractivity contribution in [2.24, 2.45) is 0 Å². The molecule has 6 nitrogen and oxygen atoms in total. The molecule has 4 heterocycles. The van der Waals surface area contributed by atoms with Crippen LogP contribution in [-0.2, 0) is 19.1 Å². The van der Waals surface area contributed by atoms with E-state index in [-0.39, 0.29) is 22.9 Å². The number of carbonyl (C=O) groups excluding carboxylic acids is 1. The Morgan fingerprint density at radius 2 is 1.81 bits per heavy atom. The zero-order chi connectivity index (χ0) is 25.4. The first-order valence-corrected chi connectivity index (χ1v) is 12.4. The average Bonchev–Trinajstić information content (AvgIpc) is 3.51. The molecule has 0 saturated carbocycles. The van der Waals surface area contributed by atoms with Gasteiger partial charge < -0.3 is 4.90 Å². The van der Waals surface area contributed by atoms with E-state index in [9.17, 15) is 22.4 Å². The molecule has 0 spiro atoms. The van der Waals surface area contributed by atoms with Gasteiger partial charge in [-0.1, -0.05) is 25.1 Å². The van der Waals surface area contributed by atoms with Crippen LogP contribution in [0.4, 0.5) is 17.6 Å². The Labute approximate surface area is 208 Å². The molecule has 0 unspecified atom stereocenters. The number of fused-ring (bicyclic) bond motifs is 1. The first-order valence-electron chi connectivity index (χ1n) is 11.5. The molecular formula is C25H23F4N5OS. The first-order chi connectivity index (χ1) is 17.2. The lowest BCUT2D eigenvalue weighted by Gasteiger charge is -2.34. The molecule has 0 N–H and O–H groups in total. The molecule has 0 radical (unpaired) electrons. The molecule has 11 heteroatoms. The predicted octanol–water partition coefficient (Wildman–Crippen LogP) is 5.14. The minimum atomic E-state index is -4.68. The Bertz CT molecular complexity index is 1410. The summed E-state index contributed by atoms with van der Waals surface area (Å²) in [5.74, 6) is -0.730. The van der Waals surface area contributed by atoms with E-state index in [2.05, 4.69) is 10.1 Å². The van der Waals surface area contributed by atoms with Gasteiger partial charge in [0.2, 0.25) is 0 Å². The van der Waals surface area contributed by atoms with Crippen LogP contribution < -0.4 is 0 Å². The number of thiophene rings is 1. The summed E-state index contributed by atoms with van der Waals surface area (Å²) in [7, 11) is 0. The molecule has 1 saturated heterocycles. The maximum absolute atomic E-state index is 14.0. The maximum atomic E-state index is 14.0. The number of hydrogen-bond donors (Lipinski definition) is 0. The van der Waals surface area contributed by atoms with Crippen LogP contribution in [0.15, 0.2) is 48.5 Å². The summed E-state index contributed by atoms with van der Waals surface area (Å²) in [4.78, 5) is 22.7. The number of alkyl halides is 3. The standard InChI is InChI=1S/C25H23F4N5OS/c1-2-17-7-8-21(36-17)19-13-22(25(27,28)29)34-23(30-19)14-20(31-34)24(35)33-11-9-32(10-12-33)15-16-5-3-4-6-18(16)26/h3-8,13-14H,2,9-12,15H2,1H3. The van der Waals surface area contributed by atoms with E-state index >= 15 is 0 Å². The van der Waals surface area contributed by atoms with Gasteiger partial charge in [0.25, 0.3) is 5.91 Å². The molecule has 0 bridgehead atoms. The van der Waals surface area contributed by atoms with Gasteiger partial charge in [0.05, 0.1) is 10.6 Å². The topological polar surface area (TPSA) is 53.7 Å². The van der Waals surface area contributed by atoms with Crippen LogP contribution in [0.3, 0.4) is 0 Å². The van der Waals surface area contributed by atoms with Crippen molar-refractivity contribution in [3.05, 3.63) is 76.2 Å². The largest absolute Gasteiger partial charge is 0.433 e. The third-order valence-electron chi connectivity index (χ3n) is 6.21. The summed E-state index contributed by atoms with van der Waals surface area (Å²) in [6, 6.07) is 12.5. The van der Waals surface area contributed by atoms with Crippen molar-refractivity contribution >= 4 is 22.9 Å². The Morgan fingerprint density at radius 1 is 1.06 bits per heavy atom. The summed E-state index contributed by atoms with van der Waals surface area (Å²) < 4.78 is 56.3. The van der Waals surface area contributed by atoms with Crippen LogP contribution >= 0.6 is 11.3 Å². The van der Waals surface area contributed by atoms with Crippen molar-refractivity contribution in [1.82, 2.24) is 24.4 Å². The predicted molar refractivity (Wildman–Crippen MR) is 128 cm³/mol. The van der Waals surface area contributed by atoms with Gasteiger partial charge in [0, 0.05) is 49.2 Å². The van der Waals surface area contributed by atoms with Crippen LogP contribution in [0.5, 0.6) is 0 Å². The number of amides is 1. The molecule has 0 atom stereocenters. The van der Waals surface area contributed by atoms with Crippen molar-refractivity contribution in [3.63, 3.8) is 0 Å². The zero-order valence-corrected chi connectivity index (χ0v) is 20.2. The number of nitrogens with zero attached hydrogens (tertiary/aromatic N) is 5. The smallest absolute Gasteiger partial charge is 0.335 e. The second-order valence-corrected chi connectivity index (χ2v) is 9.77. The number of halogens is 4. The molecule has 5 rings (SSSR count). The van der Waals surface area contributed by atoms with Gasteiger partial charge >= 0.3 is 6.18 Å². The summed E-state index contributed by atoms with van der Waals surface area (Å²) in [6.07, 6.45) is -3.90. The molecule has 36 heavy (non-hydrogen) atoms. The van der Waals surface area contributed by atoms with E-state index in [0.29, 0.717) is 47.7 Å². The van der Waals surface area contributed by atoms with Gasteiger partial charge in [-0.05, 0) is 30.7 Å². The van der Waals surface area contributed by atoms with Crippen LogP contribution in [0.25, 0.3) is 16.2 Å². The number of carbonyl (C=O) groups is 1. The fourth-order valence-corrected chi connectivity index (χ4v) is 5.16. The summed E-state index contributed by atoms with van der Waals surface area (Å²) in [6.45, 7) is 4.15. The van der Waals surface area contributed by atoms with Crippen LogP contribution in [-0.4, -0.2) is 56.5 Å². The van der Waals surface area contributed by atoms with E-state index in [1.807, 2.05) is 17.9 Å². The highest BCUT2D eigenvalue weighted by Crippen LogP contribution is 2.34. The normalized spacial score (nSPS) is 15.1. The van der Waals surface area contributed by atoms with Gasteiger partial charge in [0.15, 0.2) is 17.0 Å². The Balaban J connectivity index is 1.37. The zero-order valence-electron chi connectivity index (χ0n) is 19.4. The molecule has 1 aliphatic rings. The molecule has 3 aromatic heterocycles. The van der Waals surface area contributed by atoms with Gasteiger partial charge in [-0.3, -0.25) is 9.69 Å². The second kappa shape index (κ2) is 9.62. The summed E-state index contributed by atoms with van der Waals surface area (Å²) in [5, 5.41) is 3.99. The SMILES string of the molecule is CCc1ccc(-c2cc(C(F)(F)F)n3nc(C(=O)N4CCN(Cc5ccccc5F)CC4)cc3n2)s1. The fourth-order valence-electron chi connectivity index (χ4n) is 4.25. The molecule has 1 amide bonds. The number of benzene rings is 1. The third kappa shape index (κ3) is 4.85. The number of rotatable bonds is 5. The number of aromatic nitrogens is 3. The Morgan fingerprint density at radius 3 is 2.47 bits per heavy atom. The molecule has 1 aromatic carbocycles. The molecular weight excluding hydrogens is 494 g/mol. The monoisotopic (exact) mass is 517 g/mol. The first kappa shape index (κ1) is 24.4. The lowest BCUT2D eigenvalue weighted by Crippen LogP contribution is -2.48. The maximum Gasteiger partial charge on any atom is 0.433 e. The van der Waals surface area contributed by atoms with Crippen LogP contribution in [0.2, 0.25) is 0 Å². The van der Waals surface area contributed by atoms with Crippen molar-refractivity contribution < 1.29 is 22.4 Å². The second-order valence-electron chi connectivity index (χ2n) is 8.60. The fraction of sp³-hybridized carbons (Fsp3) is 0.320. The van der Waals surface area contributed by atoms with E-state index in [4.69, 9.17) is 0 Å². The van der Waals surface area contributed by atoms with E-state index in [0.717, 1.165) is 17.4 Å². The van der Waals surface area contributed by atoms with Gasteiger partial charge in [-0.25, -0.2) is 13.9 Å². The van der Waals surface area contributed by atoms with E-state index in [1.54, 1.807) is 29.2 Å². The van der Waals surface area contributed by atoms with Gasteiger partial charge in [0.1, 0.15) is 5.82 Å². The minimum Gasteiger partial charge on any atom is -0.335 e. The van der Waals surface area contributed by atoms with Crippen molar-refractivity contribution in [2.75, 3.05) is 26.2 Å². The lowest BCUT2D eigenvalue weighted by atomic mass is 10.2. The molecule has 4 aromatic rings. The lowest BCUT2D eigenvalue weighted by molar-refractivity contribution is -0.142. The van der Waals surface area contributed by atoms with Gasteiger partial charge in [-0.15, -0.1) is 11.3 Å². The Kier molecular flexibility index (Phi) is 6.52. The molecule has 0 aliphatic carbocycles. The molecule has 188 valence electrons. The van der Waals surface area contributed by atoms with E-state index < -0.39 is 17.8 Å². The molecule has 1 fully saturated rings. The number of hydrogen-bond acceptors (Lipinski definition) is 5. The van der Waals surface area contributed by atoms with E-state index in [1.165, 1.54) is 23.5 Å². The quantitative estimate of drug-likeness (QED) is 0.344. The molecule has 1 aliphatic heterocycles. The van der Waals surface area contributed by atoms with Crippen LogP contribution in [0.1, 0.15) is 33.5 Å². The van der Waals surface area contributed by atoms with Crippen LogP contribution in [0, 0.1) is 5.82 Å². The van der Waals surface area contributed by atoms with Crippen molar-refractivity contribution in [1.29, 1.82) is 0 Å². The summed E-state index contributed by atoms with van der Waals surface area (Å²) >= 11 is 1.39. The number of aryl methyl sites for hydroxylation is 1. The highest BCUT2D eigenvalue weighted by molar-refractivity contribution is 7.15. The minimum absolute atomic E-state index is 0.0344. The highest BCUT2D eigenvalue weighted by Gasteiger charge is 2.36. The number of piperazine rings is 1.